The molecular weight excluding hydrogens is 200 g/mol. The van der Waals surface area contributed by atoms with Gasteiger partial charge in [-0.05, 0) is 52.4 Å². The normalized spacial score (nSPS) is 32.1. The van der Waals surface area contributed by atoms with E-state index in [1.165, 1.54) is 38.8 Å². The van der Waals surface area contributed by atoms with E-state index < -0.39 is 0 Å². The highest BCUT2D eigenvalue weighted by molar-refractivity contribution is 4.93. The Kier molecular flexibility index (Phi) is 4.19. The van der Waals surface area contributed by atoms with Crippen LogP contribution < -0.4 is 11.3 Å². The second-order valence-electron chi connectivity index (χ2n) is 5.55. The molecule has 2 fully saturated rings. The number of hydrogen-bond acceptors (Lipinski definition) is 4. The lowest BCUT2D eigenvalue weighted by atomic mass is 9.77. The largest absolute Gasteiger partial charge is 0.305 e. The van der Waals surface area contributed by atoms with Crippen LogP contribution in [0.5, 0.6) is 0 Å². The van der Waals surface area contributed by atoms with Crippen molar-refractivity contribution in [3.05, 3.63) is 0 Å². The van der Waals surface area contributed by atoms with Crippen LogP contribution in [-0.4, -0.2) is 55.6 Å². The number of likely N-dealkylation sites (N-methyl/N-ethyl adjacent to an activating group) is 2. The summed E-state index contributed by atoms with van der Waals surface area (Å²) >= 11 is 0. The van der Waals surface area contributed by atoms with Gasteiger partial charge in [0.1, 0.15) is 0 Å². The van der Waals surface area contributed by atoms with Crippen molar-refractivity contribution in [2.24, 2.45) is 11.8 Å². The molecule has 0 spiro atoms. The Morgan fingerprint density at radius 1 is 1.19 bits per heavy atom. The molecule has 0 aromatic rings. The van der Waals surface area contributed by atoms with Crippen LogP contribution in [0.4, 0.5) is 0 Å². The Bertz CT molecular complexity index is 217. The van der Waals surface area contributed by atoms with Crippen LogP contribution in [0.3, 0.4) is 0 Å². The average Bonchev–Trinajstić information content (AvgIpc) is 2.34. The first-order valence-electron chi connectivity index (χ1n) is 6.57. The summed E-state index contributed by atoms with van der Waals surface area (Å²) in [6.45, 7) is 3.55. The van der Waals surface area contributed by atoms with Crippen molar-refractivity contribution in [3.63, 3.8) is 0 Å². The van der Waals surface area contributed by atoms with Crippen LogP contribution in [0.15, 0.2) is 0 Å². The summed E-state index contributed by atoms with van der Waals surface area (Å²) in [5, 5.41) is 0. The molecule has 3 N–H and O–H groups in total. The Labute approximate surface area is 99.1 Å². The van der Waals surface area contributed by atoms with Gasteiger partial charge in [0, 0.05) is 18.6 Å². The van der Waals surface area contributed by atoms with Gasteiger partial charge in [-0.3, -0.25) is 11.3 Å². The third-order valence-electron chi connectivity index (χ3n) is 4.38. The van der Waals surface area contributed by atoms with Crippen LogP contribution in [0.2, 0.25) is 0 Å². The molecule has 4 heteroatoms. The standard InChI is InChI=1S/C12H26N4/c1-15-7-4-8-16(2)11(9-15)12(14-13)10-5-3-6-10/h10-12,14H,3-9,13H2,1-2H3. The summed E-state index contributed by atoms with van der Waals surface area (Å²) in [5.74, 6) is 6.57. The van der Waals surface area contributed by atoms with Crippen molar-refractivity contribution in [1.29, 1.82) is 0 Å². The lowest BCUT2D eigenvalue weighted by molar-refractivity contribution is 0.109. The van der Waals surface area contributed by atoms with Crippen molar-refractivity contribution in [1.82, 2.24) is 15.2 Å². The highest BCUT2D eigenvalue weighted by atomic mass is 15.3. The summed E-state index contributed by atoms with van der Waals surface area (Å²) in [5.41, 5.74) is 3.08. The average molecular weight is 226 g/mol. The maximum Gasteiger partial charge on any atom is 0.0406 e. The van der Waals surface area contributed by atoms with Crippen molar-refractivity contribution in [3.8, 4) is 0 Å². The molecule has 1 aliphatic heterocycles. The molecule has 1 aliphatic carbocycles. The molecule has 1 heterocycles. The quantitative estimate of drug-likeness (QED) is 0.535. The maximum atomic E-state index is 5.78. The highest BCUT2D eigenvalue weighted by Gasteiger charge is 2.35. The van der Waals surface area contributed by atoms with Gasteiger partial charge < -0.3 is 9.80 Å². The number of nitrogens with zero attached hydrogens (tertiary/aromatic N) is 2. The fourth-order valence-corrected chi connectivity index (χ4v) is 3.05. The summed E-state index contributed by atoms with van der Waals surface area (Å²) in [7, 11) is 4.47. The molecule has 1 saturated heterocycles. The zero-order chi connectivity index (χ0) is 11.5. The SMILES string of the molecule is CN1CCCN(C)C(C(NN)C2CCC2)C1. The molecule has 0 amide bonds. The van der Waals surface area contributed by atoms with Gasteiger partial charge in [-0.2, -0.15) is 0 Å². The van der Waals surface area contributed by atoms with E-state index in [9.17, 15) is 0 Å². The van der Waals surface area contributed by atoms with E-state index in [2.05, 4.69) is 29.3 Å². The summed E-state index contributed by atoms with van der Waals surface area (Å²) in [6.07, 6.45) is 5.35. The fourth-order valence-electron chi connectivity index (χ4n) is 3.05. The maximum absolute atomic E-state index is 5.78. The van der Waals surface area contributed by atoms with Crippen molar-refractivity contribution < 1.29 is 0 Å². The monoisotopic (exact) mass is 226 g/mol. The second-order valence-corrected chi connectivity index (χ2v) is 5.55. The number of nitrogens with one attached hydrogen (secondary N) is 1. The van der Waals surface area contributed by atoms with Crippen molar-refractivity contribution in [2.75, 3.05) is 33.7 Å². The Hall–Kier alpha value is -0.160. The van der Waals surface area contributed by atoms with E-state index in [0.29, 0.717) is 12.1 Å². The summed E-state index contributed by atoms with van der Waals surface area (Å²) < 4.78 is 0. The zero-order valence-electron chi connectivity index (χ0n) is 10.7. The lowest BCUT2D eigenvalue weighted by Crippen LogP contribution is -2.58. The van der Waals surface area contributed by atoms with Gasteiger partial charge in [-0.25, -0.2) is 0 Å². The molecule has 2 rings (SSSR count). The van der Waals surface area contributed by atoms with E-state index in [4.69, 9.17) is 5.84 Å². The Morgan fingerprint density at radius 2 is 1.94 bits per heavy atom. The summed E-state index contributed by atoms with van der Waals surface area (Å²) in [6, 6.07) is 1.04. The first-order chi connectivity index (χ1) is 7.72. The third-order valence-corrected chi connectivity index (χ3v) is 4.38. The Morgan fingerprint density at radius 3 is 2.50 bits per heavy atom. The Balaban J connectivity index is 2.01. The van der Waals surface area contributed by atoms with E-state index in [-0.39, 0.29) is 0 Å². The molecule has 2 aliphatic rings. The van der Waals surface area contributed by atoms with Crippen molar-refractivity contribution in [2.45, 2.75) is 37.8 Å². The molecule has 2 unspecified atom stereocenters. The van der Waals surface area contributed by atoms with E-state index >= 15 is 0 Å². The molecule has 0 bridgehead atoms. The molecule has 2 atom stereocenters. The fraction of sp³-hybridized carbons (Fsp3) is 1.00. The smallest absolute Gasteiger partial charge is 0.0406 e. The number of rotatable bonds is 3. The van der Waals surface area contributed by atoms with Crippen LogP contribution in [0.25, 0.3) is 0 Å². The van der Waals surface area contributed by atoms with Gasteiger partial charge in [0.15, 0.2) is 0 Å². The molecule has 0 aromatic carbocycles. The topological polar surface area (TPSA) is 44.5 Å². The summed E-state index contributed by atoms with van der Waals surface area (Å²) in [4.78, 5) is 4.93. The molecule has 0 aromatic heterocycles. The van der Waals surface area contributed by atoms with Gasteiger partial charge in [-0.1, -0.05) is 6.42 Å². The van der Waals surface area contributed by atoms with Crippen LogP contribution in [0, 0.1) is 5.92 Å². The number of hydrogen-bond donors (Lipinski definition) is 2. The predicted octanol–water partition coefficient (Wildman–Crippen LogP) is 0.254. The molecule has 16 heavy (non-hydrogen) atoms. The predicted molar refractivity (Wildman–Crippen MR) is 67.0 cm³/mol. The van der Waals surface area contributed by atoms with Gasteiger partial charge in [0.25, 0.3) is 0 Å². The molecule has 1 saturated carbocycles. The zero-order valence-corrected chi connectivity index (χ0v) is 10.7. The molecule has 0 radical (unpaired) electrons. The minimum atomic E-state index is 0.472. The van der Waals surface area contributed by atoms with Crippen LogP contribution in [0.1, 0.15) is 25.7 Å². The first-order valence-corrected chi connectivity index (χ1v) is 6.57. The van der Waals surface area contributed by atoms with Gasteiger partial charge in [-0.15, -0.1) is 0 Å². The first kappa shape index (κ1) is 12.3. The van der Waals surface area contributed by atoms with Gasteiger partial charge in [0.05, 0.1) is 0 Å². The minimum Gasteiger partial charge on any atom is -0.305 e. The van der Waals surface area contributed by atoms with Gasteiger partial charge >= 0.3 is 0 Å². The number of nitrogens with two attached hydrogens (primary N) is 1. The molecular formula is C12H26N4. The molecule has 4 nitrogen and oxygen atoms in total. The van der Waals surface area contributed by atoms with Gasteiger partial charge in [0.2, 0.25) is 0 Å². The lowest BCUT2D eigenvalue weighted by Gasteiger charge is -2.42. The van der Waals surface area contributed by atoms with Crippen molar-refractivity contribution >= 4 is 0 Å². The van der Waals surface area contributed by atoms with Crippen LogP contribution >= 0.6 is 0 Å². The van der Waals surface area contributed by atoms with E-state index in [1.807, 2.05) is 0 Å². The molecule has 94 valence electrons. The highest BCUT2D eigenvalue weighted by Crippen LogP contribution is 2.32. The van der Waals surface area contributed by atoms with Crippen LogP contribution in [-0.2, 0) is 0 Å². The third kappa shape index (κ3) is 2.56. The number of hydrazine groups is 1. The second kappa shape index (κ2) is 5.45. The minimum absolute atomic E-state index is 0.472. The van der Waals surface area contributed by atoms with E-state index in [0.717, 1.165) is 12.5 Å². The van der Waals surface area contributed by atoms with E-state index in [1.54, 1.807) is 0 Å².